The van der Waals surface area contributed by atoms with Crippen LogP contribution in [0, 0.1) is 0 Å². The maximum absolute atomic E-state index is 13.2. The summed E-state index contributed by atoms with van der Waals surface area (Å²) in [6.45, 7) is 7.28. The molecule has 0 saturated carbocycles. The fourth-order valence-corrected chi connectivity index (χ4v) is 7.19. The van der Waals surface area contributed by atoms with E-state index in [1.807, 2.05) is 12.1 Å². The predicted molar refractivity (Wildman–Crippen MR) is 149 cm³/mol. The summed E-state index contributed by atoms with van der Waals surface area (Å²) in [6.07, 6.45) is 9.34. The highest BCUT2D eigenvalue weighted by molar-refractivity contribution is 7.53. The van der Waals surface area contributed by atoms with E-state index in [0.717, 1.165) is 80.0 Å². The third-order valence-corrected chi connectivity index (χ3v) is 9.27. The highest BCUT2D eigenvalue weighted by Gasteiger charge is 2.48. The van der Waals surface area contributed by atoms with Crippen molar-refractivity contribution in [2.75, 3.05) is 19.4 Å². The second-order valence-corrected chi connectivity index (χ2v) is 12.1. The maximum Gasteiger partial charge on any atom is 0.330 e. The molecule has 1 aliphatic carbocycles. The number of unbranched alkanes of at least 4 members (excludes halogenated alkanes) is 4. The minimum absolute atomic E-state index is 0.266. The second kappa shape index (κ2) is 13.6. The molecule has 2 aromatic carbocycles. The van der Waals surface area contributed by atoms with E-state index < -0.39 is 13.0 Å². The van der Waals surface area contributed by atoms with Crippen molar-refractivity contribution in [3.8, 4) is 11.1 Å². The molecule has 1 aliphatic rings. The van der Waals surface area contributed by atoms with Crippen LogP contribution in [0.4, 0.5) is 0 Å². The molecule has 36 heavy (non-hydrogen) atoms. The van der Waals surface area contributed by atoms with Crippen LogP contribution in [0.1, 0.15) is 95.2 Å². The molecule has 0 bridgehead atoms. The summed E-state index contributed by atoms with van der Waals surface area (Å²) < 4.78 is 24.7. The van der Waals surface area contributed by atoms with Crippen molar-refractivity contribution in [3.63, 3.8) is 0 Å². The summed E-state index contributed by atoms with van der Waals surface area (Å²) in [5.74, 6) is -0.266. The molecule has 3 rings (SSSR count). The van der Waals surface area contributed by atoms with Gasteiger partial charge in [0.1, 0.15) is 5.41 Å². The first-order chi connectivity index (χ1) is 17.4. The van der Waals surface area contributed by atoms with E-state index in [-0.39, 0.29) is 5.91 Å². The van der Waals surface area contributed by atoms with Gasteiger partial charge in [0.25, 0.3) is 0 Å². The SMILES string of the molecule is CCCCOP(=O)(CCCCCc1cccc2c1C(CCC)(C(N)=O)c1ccccc1-2)OCCCC. The van der Waals surface area contributed by atoms with E-state index in [9.17, 15) is 9.36 Å². The quantitative estimate of drug-likeness (QED) is 0.173. The number of carbonyl (C=O) groups is 1. The number of rotatable bonds is 17. The van der Waals surface area contributed by atoms with E-state index in [2.05, 4.69) is 51.1 Å². The summed E-state index contributed by atoms with van der Waals surface area (Å²) in [5, 5.41) is 0. The van der Waals surface area contributed by atoms with Crippen molar-refractivity contribution in [2.24, 2.45) is 5.73 Å². The predicted octanol–water partition coefficient (Wildman–Crippen LogP) is 7.78. The van der Waals surface area contributed by atoms with E-state index in [1.54, 1.807) is 0 Å². The van der Waals surface area contributed by atoms with Crippen molar-refractivity contribution >= 4 is 13.5 Å². The zero-order valence-corrected chi connectivity index (χ0v) is 23.3. The van der Waals surface area contributed by atoms with Gasteiger partial charge in [-0.05, 0) is 66.3 Å². The van der Waals surface area contributed by atoms with Crippen LogP contribution in [-0.2, 0) is 30.2 Å². The molecule has 0 aliphatic heterocycles. The molecule has 0 saturated heterocycles. The Hall–Kier alpha value is -1.94. The monoisotopic (exact) mass is 513 g/mol. The van der Waals surface area contributed by atoms with Crippen LogP contribution in [0.15, 0.2) is 42.5 Å². The summed E-state index contributed by atoms with van der Waals surface area (Å²) >= 11 is 0. The Morgan fingerprint density at radius 3 is 2.14 bits per heavy atom. The number of primary amides is 1. The Morgan fingerprint density at radius 2 is 1.50 bits per heavy atom. The number of benzene rings is 2. The molecule has 5 nitrogen and oxygen atoms in total. The minimum Gasteiger partial charge on any atom is -0.369 e. The maximum atomic E-state index is 13.2. The Labute approximate surface area is 217 Å². The van der Waals surface area contributed by atoms with Gasteiger partial charge in [0.05, 0.1) is 19.4 Å². The zero-order chi connectivity index (χ0) is 26.0. The molecule has 0 fully saturated rings. The Morgan fingerprint density at radius 1 is 0.833 bits per heavy atom. The van der Waals surface area contributed by atoms with Gasteiger partial charge in [-0.3, -0.25) is 9.36 Å². The molecular formula is C30H44NO4P. The van der Waals surface area contributed by atoms with Gasteiger partial charge in [-0.25, -0.2) is 0 Å². The standard InChI is InChI=1S/C30H44NO4P/c1-4-7-21-34-36(33,35-22-8-5-2)23-13-9-10-15-24-16-14-18-26-25-17-11-12-19-27(25)30(20-6-3,28(24)26)29(31)32/h11-12,14,16-19H,4-10,13,15,20-23H2,1-3H3,(H2,31,32). The lowest BCUT2D eigenvalue weighted by molar-refractivity contribution is -0.122. The third-order valence-electron chi connectivity index (χ3n) is 7.25. The first-order valence-corrected chi connectivity index (χ1v) is 15.6. The molecule has 1 amide bonds. The molecule has 0 aromatic heterocycles. The first kappa shape index (κ1) is 28.6. The van der Waals surface area contributed by atoms with Crippen LogP contribution >= 0.6 is 7.60 Å². The Kier molecular flexibility index (Phi) is 10.8. The fraction of sp³-hybridized carbons (Fsp3) is 0.567. The van der Waals surface area contributed by atoms with E-state index >= 15 is 0 Å². The number of hydrogen-bond donors (Lipinski definition) is 1. The normalized spacial score (nSPS) is 16.6. The molecule has 0 heterocycles. The molecule has 0 radical (unpaired) electrons. The van der Waals surface area contributed by atoms with E-state index in [4.69, 9.17) is 14.8 Å². The smallest absolute Gasteiger partial charge is 0.330 e. The van der Waals surface area contributed by atoms with E-state index in [1.165, 1.54) is 5.56 Å². The Balaban J connectivity index is 1.71. The summed E-state index contributed by atoms with van der Waals surface area (Å²) in [6, 6.07) is 14.6. The number of fused-ring (bicyclic) bond motifs is 3. The average Bonchev–Trinajstić information content (AvgIpc) is 3.16. The number of amides is 1. The summed E-state index contributed by atoms with van der Waals surface area (Å²) in [4.78, 5) is 13.1. The third kappa shape index (κ3) is 6.30. The highest BCUT2D eigenvalue weighted by atomic mass is 31.2. The molecule has 2 N–H and O–H groups in total. The van der Waals surface area contributed by atoms with Gasteiger partial charge >= 0.3 is 7.60 Å². The van der Waals surface area contributed by atoms with Crippen molar-refractivity contribution in [1.29, 1.82) is 0 Å². The molecule has 198 valence electrons. The van der Waals surface area contributed by atoms with Crippen LogP contribution in [0.3, 0.4) is 0 Å². The second-order valence-electron chi connectivity index (χ2n) is 9.92. The fourth-order valence-electron chi connectivity index (χ4n) is 5.44. The van der Waals surface area contributed by atoms with Crippen LogP contribution in [0.5, 0.6) is 0 Å². The van der Waals surface area contributed by atoms with Crippen molar-refractivity contribution in [2.45, 2.75) is 90.4 Å². The number of carbonyl (C=O) groups excluding carboxylic acids is 1. The van der Waals surface area contributed by atoms with Crippen LogP contribution in [-0.4, -0.2) is 25.3 Å². The van der Waals surface area contributed by atoms with Gasteiger partial charge in [-0.2, -0.15) is 0 Å². The van der Waals surface area contributed by atoms with Gasteiger partial charge in [-0.15, -0.1) is 0 Å². The molecule has 1 atom stereocenters. The first-order valence-electron chi connectivity index (χ1n) is 13.8. The topological polar surface area (TPSA) is 78.6 Å². The van der Waals surface area contributed by atoms with Gasteiger partial charge in [0, 0.05) is 0 Å². The minimum atomic E-state index is -3.05. The molecule has 0 spiro atoms. The highest BCUT2D eigenvalue weighted by Crippen LogP contribution is 2.53. The molecule has 6 heteroatoms. The Bertz CT molecular complexity index is 1040. The van der Waals surface area contributed by atoms with Gasteiger partial charge in [0.2, 0.25) is 5.91 Å². The summed E-state index contributed by atoms with van der Waals surface area (Å²) in [5.41, 5.74) is 11.0. The largest absolute Gasteiger partial charge is 0.369 e. The lowest BCUT2D eigenvalue weighted by Crippen LogP contribution is -2.41. The zero-order valence-electron chi connectivity index (χ0n) is 22.4. The van der Waals surface area contributed by atoms with Crippen molar-refractivity contribution in [1.82, 2.24) is 0 Å². The lowest BCUT2D eigenvalue weighted by Gasteiger charge is -2.30. The lowest BCUT2D eigenvalue weighted by atomic mass is 9.72. The number of aryl methyl sites for hydroxylation is 1. The van der Waals surface area contributed by atoms with Crippen LogP contribution in [0.25, 0.3) is 11.1 Å². The average molecular weight is 514 g/mol. The van der Waals surface area contributed by atoms with Crippen molar-refractivity contribution < 1.29 is 18.4 Å². The molecule has 2 aromatic rings. The van der Waals surface area contributed by atoms with Gasteiger partial charge in [-0.1, -0.05) is 88.9 Å². The van der Waals surface area contributed by atoms with Crippen LogP contribution in [0.2, 0.25) is 0 Å². The van der Waals surface area contributed by atoms with Crippen molar-refractivity contribution in [3.05, 3.63) is 59.2 Å². The van der Waals surface area contributed by atoms with Gasteiger partial charge in [0.15, 0.2) is 0 Å². The van der Waals surface area contributed by atoms with Gasteiger partial charge < -0.3 is 14.8 Å². The van der Waals surface area contributed by atoms with Crippen LogP contribution < -0.4 is 5.73 Å². The number of hydrogen-bond acceptors (Lipinski definition) is 4. The molecule has 1 unspecified atom stereocenters. The van der Waals surface area contributed by atoms with E-state index in [0.29, 0.717) is 25.8 Å². The number of nitrogens with two attached hydrogens (primary N) is 1. The summed E-state index contributed by atoms with van der Waals surface area (Å²) in [7, 11) is -3.05. The molecular weight excluding hydrogens is 469 g/mol.